The Balaban J connectivity index is 2.10. The van der Waals surface area contributed by atoms with Crippen LogP contribution in [0.2, 0.25) is 5.02 Å². The second kappa shape index (κ2) is 4.54. The van der Waals surface area contributed by atoms with E-state index in [1.165, 1.54) is 6.42 Å². The molecule has 2 heteroatoms. The minimum absolute atomic E-state index is 0.511. The van der Waals surface area contributed by atoms with Crippen molar-refractivity contribution in [3.8, 4) is 0 Å². The SMILES string of the molecule is OC1(Cc2ccccc2Cl)CCCCC1. The highest BCUT2D eigenvalue weighted by Crippen LogP contribution is 2.32. The second-order valence-corrected chi connectivity index (χ2v) is 4.96. The Bertz CT molecular complexity index is 329. The summed E-state index contributed by atoms with van der Waals surface area (Å²) in [5.74, 6) is 0. The van der Waals surface area contributed by atoms with Crippen molar-refractivity contribution in [1.29, 1.82) is 0 Å². The van der Waals surface area contributed by atoms with Gasteiger partial charge < -0.3 is 5.11 Å². The molecule has 0 atom stereocenters. The Labute approximate surface area is 96.1 Å². The van der Waals surface area contributed by atoms with Crippen molar-refractivity contribution in [3.05, 3.63) is 34.9 Å². The van der Waals surface area contributed by atoms with Crippen molar-refractivity contribution in [2.24, 2.45) is 0 Å². The molecule has 1 aliphatic rings. The van der Waals surface area contributed by atoms with Gasteiger partial charge in [0.05, 0.1) is 5.60 Å². The smallest absolute Gasteiger partial charge is 0.0688 e. The van der Waals surface area contributed by atoms with Gasteiger partial charge in [0.25, 0.3) is 0 Å². The second-order valence-electron chi connectivity index (χ2n) is 4.55. The van der Waals surface area contributed by atoms with E-state index in [9.17, 15) is 5.11 Å². The van der Waals surface area contributed by atoms with Gasteiger partial charge in [0.15, 0.2) is 0 Å². The van der Waals surface area contributed by atoms with E-state index >= 15 is 0 Å². The molecule has 0 bridgehead atoms. The minimum Gasteiger partial charge on any atom is -0.390 e. The molecule has 1 N–H and O–H groups in total. The molecule has 2 rings (SSSR count). The summed E-state index contributed by atoms with van der Waals surface area (Å²) in [7, 11) is 0. The average molecular weight is 225 g/mol. The van der Waals surface area contributed by atoms with Crippen molar-refractivity contribution >= 4 is 11.6 Å². The molecule has 0 aromatic heterocycles. The summed E-state index contributed by atoms with van der Waals surface area (Å²) in [5.41, 5.74) is 0.562. The first-order chi connectivity index (χ1) is 7.20. The summed E-state index contributed by atoms with van der Waals surface area (Å²) >= 11 is 6.09. The van der Waals surface area contributed by atoms with Gasteiger partial charge in [-0.3, -0.25) is 0 Å². The van der Waals surface area contributed by atoms with Gasteiger partial charge in [-0.1, -0.05) is 49.1 Å². The summed E-state index contributed by atoms with van der Waals surface area (Å²) in [4.78, 5) is 0. The van der Waals surface area contributed by atoms with Crippen LogP contribution in [0.3, 0.4) is 0 Å². The van der Waals surface area contributed by atoms with Gasteiger partial charge in [-0.2, -0.15) is 0 Å². The molecule has 0 unspecified atom stereocenters. The van der Waals surface area contributed by atoms with Crippen LogP contribution in [-0.4, -0.2) is 10.7 Å². The van der Waals surface area contributed by atoms with Crippen molar-refractivity contribution < 1.29 is 5.11 Å². The number of hydrogen-bond acceptors (Lipinski definition) is 1. The lowest BCUT2D eigenvalue weighted by Crippen LogP contribution is -2.33. The minimum atomic E-state index is -0.511. The van der Waals surface area contributed by atoms with Crippen LogP contribution in [0.25, 0.3) is 0 Å². The Morgan fingerprint density at radius 3 is 2.47 bits per heavy atom. The first kappa shape index (κ1) is 11.0. The highest BCUT2D eigenvalue weighted by Gasteiger charge is 2.29. The van der Waals surface area contributed by atoms with Crippen LogP contribution in [-0.2, 0) is 6.42 Å². The summed E-state index contributed by atoms with van der Waals surface area (Å²) in [5, 5.41) is 11.2. The van der Waals surface area contributed by atoms with Gasteiger partial charge in [0.1, 0.15) is 0 Å². The molecule has 82 valence electrons. The van der Waals surface area contributed by atoms with Crippen LogP contribution < -0.4 is 0 Å². The third-order valence-electron chi connectivity index (χ3n) is 3.26. The van der Waals surface area contributed by atoms with Crippen molar-refractivity contribution in [3.63, 3.8) is 0 Å². The van der Waals surface area contributed by atoms with Gasteiger partial charge in [0.2, 0.25) is 0 Å². The van der Waals surface area contributed by atoms with E-state index in [2.05, 4.69) is 0 Å². The fourth-order valence-electron chi connectivity index (χ4n) is 2.38. The third-order valence-corrected chi connectivity index (χ3v) is 3.63. The highest BCUT2D eigenvalue weighted by atomic mass is 35.5. The van der Waals surface area contributed by atoms with Crippen LogP contribution >= 0.6 is 11.6 Å². The number of aliphatic hydroxyl groups is 1. The summed E-state index contributed by atoms with van der Waals surface area (Å²) < 4.78 is 0. The lowest BCUT2D eigenvalue weighted by molar-refractivity contribution is 0.00451. The zero-order valence-corrected chi connectivity index (χ0v) is 9.63. The fourth-order valence-corrected chi connectivity index (χ4v) is 2.59. The zero-order valence-electron chi connectivity index (χ0n) is 8.88. The van der Waals surface area contributed by atoms with Crippen molar-refractivity contribution in [1.82, 2.24) is 0 Å². The molecule has 0 amide bonds. The molecule has 0 heterocycles. The number of halogens is 1. The maximum atomic E-state index is 10.4. The zero-order chi connectivity index (χ0) is 10.7. The average Bonchev–Trinajstić information content (AvgIpc) is 2.22. The molecule has 1 aromatic rings. The predicted octanol–water partition coefficient (Wildman–Crippen LogP) is 3.58. The fraction of sp³-hybridized carbons (Fsp3) is 0.538. The van der Waals surface area contributed by atoms with Gasteiger partial charge in [-0.05, 0) is 24.5 Å². The Morgan fingerprint density at radius 1 is 1.13 bits per heavy atom. The number of rotatable bonds is 2. The first-order valence-electron chi connectivity index (χ1n) is 5.65. The van der Waals surface area contributed by atoms with E-state index in [0.717, 1.165) is 36.3 Å². The molecular weight excluding hydrogens is 208 g/mol. The van der Waals surface area contributed by atoms with E-state index in [1.54, 1.807) is 0 Å². The van der Waals surface area contributed by atoms with Crippen LogP contribution in [0, 0.1) is 0 Å². The molecule has 0 aliphatic heterocycles. The quantitative estimate of drug-likeness (QED) is 0.814. The van der Waals surface area contributed by atoms with Crippen molar-refractivity contribution in [2.75, 3.05) is 0 Å². The van der Waals surface area contributed by atoms with E-state index in [0.29, 0.717) is 6.42 Å². The number of benzene rings is 1. The Morgan fingerprint density at radius 2 is 1.80 bits per heavy atom. The Hall–Kier alpha value is -0.530. The molecule has 1 saturated carbocycles. The van der Waals surface area contributed by atoms with Crippen LogP contribution in [0.4, 0.5) is 0 Å². The molecular formula is C13H17ClO. The Kier molecular flexibility index (Phi) is 3.32. The largest absolute Gasteiger partial charge is 0.390 e. The topological polar surface area (TPSA) is 20.2 Å². The van der Waals surface area contributed by atoms with Gasteiger partial charge in [-0.15, -0.1) is 0 Å². The molecule has 1 aliphatic carbocycles. The summed E-state index contributed by atoms with van der Waals surface area (Å²) in [6, 6.07) is 7.81. The molecule has 1 nitrogen and oxygen atoms in total. The van der Waals surface area contributed by atoms with E-state index in [4.69, 9.17) is 11.6 Å². The van der Waals surface area contributed by atoms with Crippen LogP contribution in [0.15, 0.2) is 24.3 Å². The lowest BCUT2D eigenvalue weighted by Gasteiger charge is -2.32. The lowest BCUT2D eigenvalue weighted by atomic mass is 9.80. The maximum absolute atomic E-state index is 10.4. The van der Waals surface area contributed by atoms with Gasteiger partial charge >= 0.3 is 0 Å². The number of hydrogen-bond donors (Lipinski definition) is 1. The molecule has 15 heavy (non-hydrogen) atoms. The normalized spacial score (nSPS) is 20.1. The molecule has 0 saturated heterocycles. The highest BCUT2D eigenvalue weighted by molar-refractivity contribution is 6.31. The molecule has 0 radical (unpaired) electrons. The van der Waals surface area contributed by atoms with E-state index in [-0.39, 0.29) is 0 Å². The third kappa shape index (κ3) is 2.73. The predicted molar refractivity (Wildman–Crippen MR) is 63.2 cm³/mol. The summed E-state index contributed by atoms with van der Waals surface area (Å²) in [6.07, 6.45) is 6.07. The maximum Gasteiger partial charge on any atom is 0.0688 e. The first-order valence-corrected chi connectivity index (χ1v) is 6.03. The standard InChI is InChI=1S/C13H17ClO/c14-12-7-3-2-6-11(12)10-13(15)8-4-1-5-9-13/h2-3,6-7,15H,1,4-5,8-10H2. The van der Waals surface area contributed by atoms with E-state index < -0.39 is 5.60 Å². The van der Waals surface area contributed by atoms with Crippen molar-refractivity contribution in [2.45, 2.75) is 44.1 Å². The summed E-state index contributed by atoms with van der Waals surface area (Å²) in [6.45, 7) is 0. The molecule has 1 fully saturated rings. The van der Waals surface area contributed by atoms with Gasteiger partial charge in [-0.25, -0.2) is 0 Å². The monoisotopic (exact) mass is 224 g/mol. The van der Waals surface area contributed by atoms with E-state index in [1.807, 2.05) is 24.3 Å². The molecule has 0 spiro atoms. The molecule has 1 aromatic carbocycles. The van der Waals surface area contributed by atoms with Gasteiger partial charge in [0, 0.05) is 11.4 Å². The van der Waals surface area contributed by atoms with Crippen LogP contribution in [0.1, 0.15) is 37.7 Å². The van der Waals surface area contributed by atoms with Crippen LogP contribution in [0.5, 0.6) is 0 Å².